The van der Waals surface area contributed by atoms with Crippen molar-refractivity contribution < 1.29 is 23.8 Å². The van der Waals surface area contributed by atoms with Crippen LogP contribution in [0.4, 0.5) is 5.13 Å². The summed E-state index contributed by atoms with van der Waals surface area (Å²) < 4.78 is 5.82. The Kier molecular flexibility index (Phi) is 5.45. The number of rotatable bonds is 5. The fraction of sp³-hybridized carbons (Fsp3) is 0.294. The van der Waals surface area contributed by atoms with E-state index in [9.17, 15) is 14.4 Å². The molecule has 0 radical (unpaired) electrons. The predicted octanol–water partition coefficient (Wildman–Crippen LogP) is -0.216. The summed E-state index contributed by atoms with van der Waals surface area (Å²) in [5.41, 5.74) is 8.53. The molecule has 1 saturated heterocycles. The summed E-state index contributed by atoms with van der Waals surface area (Å²) in [5, 5.41) is 0.174. The van der Waals surface area contributed by atoms with Crippen LogP contribution in [0.25, 0.3) is 0 Å². The number of fused-ring (bicyclic) bond motifs is 1. The van der Waals surface area contributed by atoms with Gasteiger partial charge in [0.2, 0.25) is 5.91 Å². The number of nitrogen functional groups attached to an aromatic ring is 1. The molecule has 10 nitrogen and oxygen atoms in total. The van der Waals surface area contributed by atoms with Crippen LogP contribution in [0.1, 0.15) is 12.2 Å². The Morgan fingerprint density at radius 2 is 2.14 bits per heavy atom. The summed E-state index contributed by atoms with van der Waals surface area (Å²) in [5.74, 6) is -0.662. The number of nitrogens with two attached hydrogens (primary N) is 1. The second kappa shape index (κ2) is 8.17. The largest absolute Gasteiger partial charge is 0.379 e. The van der Waals surface area contributed by atoms with Crippen LogP contribution >= 0.6 is 23.3 Å². The normalized spacial score (nSPS) is 18.1. The molecule has 0 saturated carbocycles. The Bertz CT molecular complexity index is 993. The molecule has 4 heterocycles. The lowest BCUT2D eigenvalue weighted by Crippen LogP contribution is -2.55. The molecule has 3 N–H and O–H groups in total. The van der Waals surface area contributed by atoms with Crippen LogP contribution in [-0.2, 0) is 32.2 Å². The number of nitrogens with one attached hydrogen (secondary N) is 1. The molecule has 2 aliphatic rings. The molecule has 1 fully saturated rings. The highest BCUT2D eigenvalue weighted by atomic mass is 32.2. The van der Waals surface area contributed by atoms with Crippen LogP contribution in [0.5, 0.6) is 0 Å². The van der Waals surface area contributed by atoms with E-state index in [0.717, 1.165) is 17.1 Å². The number of aromatic nitrogens is 3. The quantitative estimate of drug-likeness (QED) is 0.376. The first-order valence-electron chi connectivity index (χ1n) is 8.69. The Morgan fingerprint density at radius 3 is 2.83 bits per heavy atom. The van der Waals surface area contributed by atoms with Gasteiger partial charge in [0.1, 0.15) is 5.70 Å². The van der Waals surface area contributed by atoms with Crippen molar-refractivity contribution in [2.75, 3.05) is 11.5 Å². The third-order valence-corrected chi connectivity index (χ3v) is 6.19. The lowest BCUT2D eigenvalue weighted by molar-refractivity contribution is -0.689. The molecule has 0 unspecified atom stereocenters. The van der Waals surface area contributed by atoms with Crippen molar-refractivity contribution in [3.05, 3.63) is 47.7 Å². The molecule has 29 heavy (non-hydrogen) atoms. The van der Waals surface area contributed by atoms with Gasteiger partial charge in [0.25, 0.3) is 5.91 Å². The summed E-state index contributed by atoms with van der Waals surface area (Å²) in [6.07, 6.45) is 3.96. The van der Waals surface area contributed by atoms with E-state index in [2.05, 4.69) is 14.8 Å². The van der Waals surface area contributed by atoms with Crippen LogP contribution in [-0.4, -0.2) is 43.2 Å². The fourth-order valence-corrected chi connectivity index (χ4v) is 4.72. The lowest BCUT2D eigenvalue weighted by atomic mass is 10.1. The van der Waals surface area contributed by atoms with E-state index in [1.807, 2.05) is 35.2 Å². The highest BCUT2D eigenvalue weighted by Crippen LogP contribution is 2.40. The van der Waals surface area contributed by atoms with Gasteiger partial charge >= 0.3 is 5.97 Å². The monoisotopic (exact) mass is 433 g/mol. The smallest absolute Gasteiger partial charge is 0.374 e. The molecule has 2 amide bonds. The standard InChI is InChI=1S/C17H16N6O4S2/c18-17-19-11(21-29-17)6-12(24)20-27-16(26)15-10(8-22-4-2-1-3-5-22)9-28-14-7-13(25)23(14)15/h1-5,14H,6-9H2,(H2-,18,19,20,21,24)/p+1/t14-/m0/s1. The topological polar surface area (TPSA) is 131 Å². The number of carbonyl (C=O) groups is 3. The maximum absolute atomic E-state index is 12.7. The predicted molar refractivity (Wildman–Crippen MR) is 104 cm³/mol. The van der Waals surface area contributed by atoms with Crippen LogP contribution in [0, 0.1) is 0 Å². The highest BCUT2D eigenvalue weighted by Gasteiger charge is 2.46. The molecule has 2 aromatic heterocycles. The van der Waals surface area contributed by atoms with Gasteiger partial charge in [-0.1, -0.05) is 6.07 Å². The van der Waals surface area contributed by atoms with Gasteiger partial charge in [-0.2, -0.15) is 9.85 Å². The summed E-state index contributed by atoms with van der Waals surface area (Å²) >= 11 is 2.58. The molecule has 2 aromatic rings. The van der Waals surface area contributed by atoms with E-state index in [4.69, 9.17) is 10.6 Å². The molecule has 0 aromatic carbocycles. The zero-order valence-corrected chi connectivity index (χ0v) is 16.7. The molecule has 4 rings (SSSR count). The summed E-state index contributed by atoms with van der Waals surface area (Å²) in [6.45, 7) is 0.435. The fourth-order valence-electron chi connectivity index (χ4n) is 3.02. The number of hydrogen-bond acceptors (Lipinski definition) is 9. The minimum Gasteiger partial charge on any atom is -0.374 e. The zero-order chi connectivity index (χ0) is 20.4. The van der Waals surface area contributed by atoms with Crippen LogP contribution < -0.4 is 15.8 Å². The molecule has 1 atom stereocenters. The number of carbonyl (C=O) groups excluding carboxylic acids is 3. The molecule has 0 bridgehead atoms. The molecule has 0 aliphatic carbocycles. The van der Waals surface area contributed by atoms with E-state index in [-0.39, 0.29) is 34.4 Å². The molecule has 12 heteroatoms. The van der Waals surface area contributed by atoms with Crippen LogP contribution in [0.2, 0.25) is 0 Å². The molecule has 150 valence electrons. The SMILES string of the molecule is Nc1nc(CC(=O)NOC(=O)C2=C(C[n+]3ccccc3)CS[C@H]3CC(=O)N23)ns1. The van der Waals surface area contributed by atoms with Crippen molar-refractivity contribution in [2.45, 2.75) is 24.8 Å². The van der Waals surface area contributed by atoms with Crippen molar-refractivity contribution >= 4 is 46.2 Å². The molecule has 0 spiro atoms. The summed E-state index contributed by atoms with van der Waals surface area (Å²) in [4.78, 5) is 47.2. The number of amides is 2. The second-order valence-corrected chi connectivity index (χ2v) is 8.32. The maximum atomic E-state index is 12.7. The Labute approximate surface area is 173 Å². The summed E-state index contributed by atoms with van der Waals surface area (Å²) in [7, 11) is 0. The van der Waals surface area contributed by atoms with E-state index in [1.54, 1.807) is 11.8 Å². The third-order valence-electron chi connectivity index (χ3n) is 4.34. The van der Waals surface area contributed by atoms with Crippen molar-refractivity contribution in [1.82, 2.24) is 19.7 Å². The van der Waals surface area contributed by atoms with Crippen LogP contribution in [0.15, 0.2) is 41.9 Å². The average molecular weight is 433 g/mol. The van der Waals surface area contributed by atoms with Gasteiger partial charge < -0.3 is 10.6 Å². The van der Waals surface area contributed by atoms with Gasteiger partial charge in [0.15, 0.2) is 29.9 Å². The van der Waals surface area contributed by atoms with Gasteiger partial charge in [-0.15, -0.1) is 11.8 Å². The Balaban J connectivity index is 1.47. The van der Waals surface area contributed by atoms with Gasteiger partial charge in [0.05, 0.1) is 18.2 Å². The number of nitrogens with zero attached hydrogens (tertiary/aromatic N) is 4. The first-order valence-corrected chi connectivity index (χ1v) is 10.5. The number of hydroxylamine groups is 1. The number of pyridine rings is 1. The molecule has 2 aliphatic heterocycles. The van der Waals surface area contributed by atoms with Crippen LogP contribution in [0.3, 0.4) is 0 Å². The van der Waals surface area contributed by atoms with Crippen molar-refractivity contribution in [3.63, 3.8) is 0 Å². The number of anilines is 1. The highest BCUT2D eigenvalue weighted by molar-refractivity contribution is 8.00. The van der Waals surface area contributed by atoms with Gasteiger partial charge in [0, 0.05) is 35.0 Å². The van der Waals surface area contributed by atoms with E-state index in [0.29, 0.717) is 18.7 Å². The van der Waals surface area contributed by atoms with E-state index < -0.39 is 11.9 Å². The maximum Gasteiger partial charge on any atom is 0.379 e. The van der Waals surface area contributed by atoms with Crippen molar-refractivity contribution in [2.24, 2.45) is 0 Å². The van der Waals surface area contributed by atoms with Gasteiger partial charge in [-0.3, -0.25) is 14.5 Å². The summed E-state index contributed by atoms with van der Waals surface area (Å²) in [6, 6.07) is 5.65. The Morgan fingerprint density at radius 1 is 1.34 bits per heavy atom. The number of hydrogen-bond donors (Lipinski definition) is 2. The Hall–Kier alpha value is -2.99. The minimum atomic E-state index is -0.769. The van der Waals surface area contributed by atoms with E-state index in [1.165, 1.54) is 4.90 Å². The second-order valence-electron chi connectivity index (χ2n) is 6.37. The van der Waals surface area contributed by atoms with Crippen molar-refractivity contribution in [1.29, 1.82) is 0 Å². The minimum absolute atomic E-state index is 0.0764. The van der Waals surface area contributed by atoms with Gasteiger partial charge in [-0.25, -0.2) is 14.3 Å². The van der Waals surface area contributed by atoms with Crippen molar-refractivity contribution in [3.8, 4) is 0 Å². The lowest BCUT2D eigenvalue weighted by Gasteiger charge is -2.43. The average Bonchev–Trinajstić information content (AvgIpc) is 3.11. The van der Waals surface area contributed by atoms with Gasteiger partial charge in [-0.05, 0) is 0 Å². The zero-order valence-electron chi connectivity index (χ0n) is 15.1. The van der Waals surface area contributed by atoms with E-state index >= 15 is 0 Å². The molecular weight excluding hydrogens is 416 g/mol. The first kappa shape index (κ1) is 19.3. The number of thioether (sulfide) groups is 1. The first-order chi connectivity index (χ1) is 14.0. The third kappa shape index (κ3) is 4.22. The molecular formula is C17H17N6O4S2+. The number of β-lactam (4-membered cyclic amide) rings is 1.